The zero-order chi connectivity index (χ0) is 15.7. The van der Waals surface area contributed by atoms with Gasteiger partial charge in [-0.2, -0.15) is 0 Å². The molecule has 1 aliphatic heterocycles. The summed E-state index contributed by atoms with van der Waals surface area (Å²) in [6, 6.07) is 8.26. The number of ether oxygens (including phenoxy) is 2. The zero-order valence-corrected chi connectivity index (χ0v) is 13.5. The minimum absolute atomic E-state index is 0.0145. The van der Waals surface area contributed by atoms with Gasteiger partial charge in [0, 0.05) is 25.3 Å². The summed E-state index contributed by atoms with van der Waals surface area (Å²) in [5.74, 6) is -0.504. The first kappa shape index (κ1) is 15.0. The minimum atomic E-state index is -0.504. The van der Waals surface area contributed by atoms with Gasteiger partial charge in [-0.15, -0.1) is 5.10 Å². The van der Waals surface area contributed by atoms with Gasteiger partial charge < -0.3 is 14.4 Å². The molecular weight excluding hydrogens is 280 g/mol. The first-order chi connectivity index (χ1) is 10.4. The predicted molar refractivity (Wildman–Crippen MR) is 84.7 cm³/mol. The molecule has 0 spiro atoms. The monoisotopic (exact) mass is 302 g/mol. The van der Waals surface area contributed by atoms with Gasteiger partial charge in [-0.25, -0.2) is 4.68 Å². The number of rotatable bonds is 4. The molecule has 1 saturated heterocycles. The molecular formula is C16H22N4O2. The second-order valence-corrected chi connectivity index (χ2v) is 6.22. The molecule has 0 radical (unpaired) electrons. The topological polar surface area (TPSA) is 52.4 Å². The highest BCUT2D eigenvalue weighted by Gasteiger charge is 2.32. The molecule has 2 heterocycles. The van der Waals surface area contributed by atoms with Crippen molar-refractivity contribution in [1.29, 1.82) is 0 Å². The van der Waals surface area contributed by atoms with E-state index in [9.17, 15) is 0 Å². The van der Waals surface area contributed by atoms with E-state index in [1.54, 1.807) is 0 Å². The van der Waals surface area contributed by atoms with Crippen LogP contribution in [0.4, 0.5) is 5.69 Å². The Morgan fingerprint density at radius 2 is 2.00 bits per heavy atom. The quantitative estimate of drug-likeness (QED) is 0.866. The van der Waals surface area contributed by atoms with Crippen molar-refractivity contribution in [2.45, 2.75) is 32.3 Å². The average molecular weight is 302 g/mol. The van der Waals surface area contributed by atoms with E-state index in [4.69, 9.17) is 9.47 Å². The van der Waals surface area contributed by atoms with Crippen LogP contribution >= 0.6 is 0 Å². The van der Waals surface area contributed by atoms with Crippen molar-refractivity contribution in [3.05, 3.63) is 30.5 Å². The predicted octanol–water partition coefficient (Wildman–Crippen LogP) is 2.16. The van der Waals surface area contributed by atoms with Crippen molar-refractivity contribution in [2.24, 2.45) is 0 Å². The van der Waals surface area contributed by atoms with Crippen LogP contribution in [0, 0.1) is 0 Å². The van der Waals surface area contributed by atoms with E-state index in [0.29, 0.717) is 13.2 Å². The Kier molecular flexibility index (Phi) is 3.88. The number of hydrogen-bond acceptors (Lipinski definition) is 5. The summed E-state index contributed by atoms with van der Waals surface area (Å²) >= 11 is 0. The normalized spacial score (nSPS) is 20.3. The van der Waals surface area contributed by atoms with E-state index in [0.717, 1.165) is 16.9 Å². The Balaban J connectivity index is 1.68. The number of anilines is 1. The first-order valence-corrected chi connectivity index (χ1v) is 7.43. The maximum Gasteiger partial charge on any atom is 0.163 e. The molecule has 6 heteroatoms. The van der Waals surface area contributed by atoms with E-state index in [1.807, 2.05) is 38.8 Å². The van der Waals surface area contributed by atoms with Crippen LogP contribution in [0.3, 0.4) is 0 Å². The summed E-state index contributed by atoms with van der Waals surface area (Å²) in [5.41, 5.74) is 3.08. The molecule has 0 saturated carbocycles. The van der Waals surface area contributed by atoms with Crippen LogP contribution < -0.4 is 4.90 Å². The van der Waals surface area contributed by atoms with Crippen LogP contribution in [0.25, 0.3) is 11.3 Å². The minimum Gasteiger partial charge on any atom is -0.378 e. The third-order valence-electron chi connectivity index (χ3n) is 3.68. The number of benzene rings is 1. The third-order valence-corrected chi connectivity index (χ3v) is 3.68. The summed E-state index contributed by atoms with van der Waals surface area (Å²) in [4.78, 5) is 2.07. The summed E-state index contributed by atoms with van der Waals surface area (Å²) in [6.07, 6.45) is 1.96. The summed E-state index contributed by atoms with van der Waals surface area (Å²) in [5, 5.41) is 8.42. The van der Waals surface area contributed by atoms with Crippen LogP contribution in [-0.2, 0) is 16.0 Å². The lowest BCUT2D eigenvalue weighted by Crippen LogP contribution is -2.24. The fourth-order valence-electron chi connectivity index (χ4n) is 2.51. The van der Waals surface area contributed by atoms with Crippen LogP contribution in [-0.4, -0.2) is 47.6 Å². The van der Waals surface area contributed by atoms with Crippen molar-refractivity contribution in [1.82, 2.24) is 15.0 Å². The molecule has 0 N–H and O–H groups in total. The average Bonchev–Trinajstić information content (AvgIpc) is 3.06. The highest BCUT2D eigenvalue weighted by atomic mass is 16.7. The molecule has 0 amide bonds. The lowest BCUT2D eigenvalue weighted by atomic mass is 10.1. The van der Waals surface area contributed by atoms with Gasteiger partial charge in [0.05, 0.1) is 19.3 Å². The molecule has 1 aliphatic rings. The molecule has 0 bridgehead atoms. The van der Waals surface area contributed by atoms with Crippen molar-refractivity contribution in [2.75, 3.05) is 25.6 Å². The van der Waals surface area contributed by atoms with Gasteiger partial charge >= 0.3 is 0 Å². The number of nitrogens with zero attached hydrogens (tertiary/aromatic N) is 4. The number of aromatic nitrogens is 3. The van der Waals surface area contributed by atoms with Crippen molar-refractivity contribution in [3.63, 3.8) is 0 Å². The molecule has 1 aromatic carbocycles. The van der Waals surface area contributed by atoms with Crippen molar-refractivity contribution < 1.29 is 9.47 Å². The van der Waals surface area contributed by atoms with Gasteiger partial charge in [-0.1, -0.05) is 17.3 Å². The van der Waals surface area contributed by atoms with Crippen molar-refractivity contribution in [3.8, 4) is 11.3 Å². The fraction of sp³-hybridized carbons (Fsp3) is 0.500. The largest absolute Gasteiger partial charge is 0.378 e. The second-order valence-electron chi connectivity index (χ2n) is 6.22. The van der Waals surface area contributed by atoms with E-state index in [1.165, 1.54) is 0 Å². The van der Waals surface area contributed by atoms with Crippen LogP contribution in [0.15, 0.2) is 30.5 Å². The Morgan fingerprint density at radius 1 is 1.27 bits per heavy atom. The maximum atomic E-state index is 5.79. The molecule has 1 aromatic heterocycles. The molecule has 1 atom stereocenters. The Morgan fingerprint density at radius 3 is 2.59 bits per heavy atom. The lowest BCUT2D eigenvalue weighted by molar-refractivity contribution is -0.139. The fourth-order valence-corrected chi connectivity index (χ4v) is 2.51. The molecule has 2 aromatic rings. The van der Waals surface area contributed by atoms with Gasteiger partial charge in [0.1, 0.15) is 11.8 Å². The van der Waals surface area contributed by atoms with E-state index >= 15 is 0 Å². The second kappa shape index (κ2) is 5.70. The summed E-state index contributed by atoms with van der Waals surface area (Å²) < 4.78 is 13.2. The third kappa shape index (κ3) is 3.28. The van der Waals surface area contributed by atoms with Gasteiger partial charge in [0.2, 0.25) is 0 Å². The standard InChI is InChI=1S/C16H22N4O2/c1-16(2)21-11-14(22-16)9-20-10-15(17-18-20)12-5-7-13(8-6-12)19(3)4/h5-8,10,14H,9,11H2,1-4H3. The van der Waals surface area contributed by atoms with E-state index in [-0.39, 0.29) is 6.10 Å². The molecule has 118 valence electrons. The molecule has 22 heavy (non-hydrogen) atoms. The Hall–Kier alpha value is -1.92. The molecule has 6 nitrogen and oxygen atoms in total. The van der Waals surface area contributed by atoms with Gasteiger partial charge in [0.15, 0.2) is 5.79 Å². The van der Waals surface area contributed by atoms with Crippen LogP contribution in [0.2, 0.25) is 0 Å². The van der Waals surface area contributed by atoms with Gasteiger partial charge in [-0.05, 0) is 26.0 Å². The SMILES string of the molecule is CN(C)c1ccc(-c2cn(CC3COC(C)(C)O3)nn2)cc1. The molecule has 3 rings (SSSR count). The molecule has 1 unspecified atom stereocenters. The zero-order valence-electron chi connectivity index (χ0n) is 13.5. The Bertz CT molecular complexity index is 634. The summed E-state index contributed by atoms with van der Waals surface area (Å²) in [6.45, 7) is 5.07. The van der Waals surface area contributed by atoms with Crippen molar-refractivity contribution >= 4 is 5.69 Å². The molecule has 0 aliphatic carbocycles. The smallest absolute Gasteiger partial charge is 0.163 e. The van der Waals surface area contributed by atoms with Crippen LogP contribution in [0.5, 0.6) is 0 Å². The van der Waals surface area contributed by atoms with E-state index in [2.05, 4.69) is 39.5 Å². The highest BCUT2D eigenvalue weighted by molar-refractivity contribution is 5.61. The first-order valence-electron chi connectivity index (χ1n) is 7.43. The van der Waals surface area contributed by atoms with Crippen LogP contribution in [0.1, 0.15) is 13.8 Å². The molecule has 1 fully saturated rings. The van der Waals surface area contributed by atoms with Gasteiger partial charge in [-0.3, -0.25) is 0 Å². The van der Waals surface area contributed by atoms with E-state index < -0.39 is 5.79 Å². The van der Waals surface area contributed by atoms with Gasteiger partial charge in [0.25, 0.3) is 0 Å². The lowest BCUT2D eigenvalue weighted by Gasteiger charge is -2.16. The maximum absolute atomic E-state index is 5.79. The highest BCUT2D eigenvalue weighted by Crippen LogP contribution is 2.24. The summed E-state index contributed by atoms with van der Waals surface area (Å²) in [7, 11) is 4.05. The number of hydrogen-bond donors (Lipinski definition) is 0. The Labute approximate surface area is 130 Å².